The van der Waals surface area contributed by atoms with Crippen molar-refractivity contribution in [3.8, 4) is 5.75 Å². The molecule has 0 unspecified atom stereocenters. The van der Waals surface area contributed by atoms with Crippen LogP contribution >= 0.6 is 0 Å². The molecule has 1 aliphatic heterocycles. The first-order chi connectivity index (χ1) is 14.1. The Bertz CT molecular complexity index is 1050. The number of hydrogen-bond acceptors (Lipinski definition) is 6. The fourth-order valence-corrected chi connectivity index (χ4v) is 4.24. The number of ether oxygens (including phenoxy) is 1. The molecule has 3 heterocycles. The number of aryl methyl sites for hydroxylation is 1. The summed E-state index contributed by atoms with van der Waals surface area (Å²) >= 11 is 0. The fourth-order valence-electron chi connectivity index (χ4n) is 4.24. The number of anilines is 1. The Morgan fingerprint density at radius 1 is 1.07 bits per heavy atom. The number of hydrogen-bond donors (Lipinski definition) is 0. The summed E-state index contributed by atoms with van der Waals surface area (Å²) in [6.07, 6.45) is 5.48. The number of piperazine rings is 1. The average Bonchev–Trinajstić information content (AvgIpc) is 3.51. The fraction of sp³-hybridized carbons (Fsp3) is 0.429. The summed E-state index contributed by atoms with van der Waals surface area (Å²) in [4.78, 5) is 22.1. The summed E-state index contributed by atoms with van der Waals surface area (Å²) in [6.45, 7) is 4.78. The molecule has 1 aromatic carbocycles. The van der Waals surface area contributed by atoms with Gasteiger partial charge in [-0.15, -0.1) is 10.2 Å². The molecule has 1 saturated carbocycles. The number of benzene rings is 1. The molecule has 8 heteroatoms. The lowest BCUT2D eigenvalue weighted by atomic mass is 9.94. The van der Waals surface area contributed by atoms with Crippen molar-refractivity contribution in [1.82, 2.24) is 24.5 Å². The minimum absolute atomic E-state index is 0.242. The Morgan fingerprint density at radius 2 is 1.79 bits per heavy atom. The molecule has 0 radical (unpaired) electrons. The summed E-state index contributed by atoms with van der Waals surface area (Å²) in [5, 5.41) is 8.42. The van der Waals surface area contributed by atoms with Crippen LogP contribution in [0.3, 0.4) is 0 Å². The maximum Gasteiger partial charge on any atom is 0.233 e. The number of rotatable bonds is 4. The standard InChI is InChI=1S/C21H24N6O2/c1-15-23-24-19-18(22-9-10-27(15)19)25-11-13-26(14-12-25)20(28)21(7-8-21)16-3-5-17(29-2)6-4-16/h3-6,9-10H,7-8,11-14H2,1-2H3. The van der Waals surface area contributed by atoms with Gasteiger partial charge in [-0.2, -0.15) is 0 Å². The van der Waals surface area contributed by atoms with Crippen LogP contribution in [0, 0.1) is 6.92 Å². The molecule has 0 N–H and O–H groups in total. The highest BCUT2D eigenvalue weighted by Crippen LogP contribution is 2.50. The molecule has 2 aromatic heterocycles. The summed E-state index contributed by atoms with van der Waals surface area (Å²) in [6, 6.07) is 7.93. The number of nitrogens with zero attached hydrogens (tertiary/aromatic N) is 6. The number of carbonyl (C=O) groups excluding carboxylic acids is 1. The van der Waals surface area contributed by atoms with E-state index in [1.165, 1.54) is 0 Å². The number of fused-ring (bicyclic) bond motifs is 1. The van der Waals surface area contributed by atoms with E-state index in [-0.39, 0.29) is 11.3 Å². The second-order valence-electron chi connectivity index (χ2n) is 7.78. The zero-order valence-electron chi connectivity index (χ0n) is 16.7. The van der Waals surface area contributed by atoms with E-state index in [1.54, 1.807) is 13.3 Å². The van der Waals surface area contributed by atoms with Gasteiger partial charge < -0.3 is 14.5 Å². The van der Waals surface area contributed by atoms with E-state index in [4.69, 9.17) is 4.74 Å². The van der Waals surface area contributed by atoms with Crippen LogP contribution in [0.15, 0.2) is 36.7 Å². The van der Waals surface area contributed by atoms with Gasteiger partial charge in [0.2, 0.25) is 11.6 Å². The predicted octanol–water partition coefficient (Wildman–Crippen LogP) is 1.82. The van der Waals surface area contributed by atoms with Crippen LogP contribution in [-0.4, -0.2) is 63.7 Å². The van der Waals surface area contributed by atoms with Crippen molar-refractivity contribution >= 4 is 17.4 Å². The van der Waals surface area contributed by atoms with E-state index in [0.717, 1.165) is 54.5 Å². The molecular formula is C21H24N6O2. The van der Waals surface area contributed by atoms with Gasteiger partial charge in [0.1, 0.15) is 11.6 Å². The molecule has 8 nitrogen and oxygen atoms in total. The molecule has 0 atom stereocenters. The largest absolute Gasteiger partial charge is 0.497 e. The first-order valence-electron chi connectivity index (χ1n) is 9.97. The number of carbonyl (C=O) groups is 1. The van der Waals surface area contributed by atoms with Crippen LogP contribution in [0.25, 0.3) is 5.65 Å². The van der Waals surface area contributed by atoms with E-state index in [1.807, 2.05) is 46.7 Å². The Balaban J connectivity index is 1.30. The van der Waals surface area contributed by atoms with Crippen molar-refractivity contribution in [2.45, 2.75) is 25.2 Å². The Labute approximate surface area is 169 Å². The van der Waals surface area contributed by atoms with Crippen molar-refractivity contribution in [3.05, 3.63) is 48.0 Å². The Hall–Kier alpha value is -3.16. The third kappa shape index (κ3) is 2.90. The quantitative estimate of drug-likeness (QED) is 0.674. The third-order valence-electron chi connectivity index (χ3n) is 6.15. The van der Waals surface area contributed by atoms with E-state index in [2.05, 4.69) is 20.1 Å². The first-order valence-corrected chi connectivity index (χ1v) is 9.97. The molecule has 3 aromatic rings. The van der Waals surface area contributed by atoms with E-state index in [9.17, 15) is 4.79 Å². The van der Waals surface area contributed by atoms with Crippen molar-refractivity contribution in [2.24, 2.45) is 0 Å². The zero-order valence-corrected chi connectivity index (χ0v) is 16.7. The van der Waals surface area contributed by atoms with Gasteiger partial charge in [-0.1, -0.05) is 12.1 Å². The minimum Gasteiger partial charge on any atom is -0.497 e. The number of amides is 1. The van der Waals surface area contributed by atoms with Crippen LogP contribution in [-0.2, 0) is 10.2 Å². The molecule has 0 bridgehead atoms. The molecule has 1 aliphatic carbocycles. The monoisotopic (exact) mass is 392 g/mol. The van der Waals surface area contributed by atoms with Gasteiger partial charge in [0.25, 0.3) is 0 Å². The van der Waals surface area contributed by atoms with Crippen molar-refractivity contribution < 1.29 is 9.53 Å². The number of methoxy groups -OCH3 is 1. The first kappa shape index (κ1) is 17.9. The van der Waals surface area contributed by atoms with Crippen molar-refractivity contribution in [1.29, 1.82) is 0 Å². The van der Waals surface area contributed by atoms with Crippen LogP contribution in [0.4, 0.5) is 5.82 Å². The van der Waals surface area contributed by atoms with Gasteiger partial charge in [-0.3, -0.25) is 9.20 Å². The predicted molar refractivity (Wildman–Crippen MR) is 108 cm³/mol. The highest BCUT2D eigenvalue weighted by molar-refractivity contribution is 5.91. The maximum absolute atomic E-state index is 13.3. The highest BCUT2D eigenvalue weighted by Gasteiger charge is 2.53. The molecule has 2 fully saturated rings. The molecule has 2 aliphatic rings. The normalized spacial score (nSPS) is 18.1. The molecule has 29 heavy (non-hydrogen) atoms. The minimum atomic E-state index is -0.350. The summed E-state index contributed by atoms with van der Waals surface area (Å²) in [5.74, 6) is 2.73. The SMILES string of the molecule is COc1ccc(C2(C(=O)N3CCN(c4nccn5c(C)nnc45)CC3)CC2)cc1. The van der Waals surface area contributed by atoms with Crippen LogP contribution in [0.5, 0.6) is 5.75 Å². The van der Waals surface area contributed by atoms with E-state index >= 15 is 0 Å². The highest BCUT2D eigenvalue weighted by atomic mass is 16.5. The van der Waals surface area contributed by atoms with Gasteiger partial charge in [-0.25, -0.2) is 4.98 Å². The van der Waals surface area contributed by atoms with Crippen LogP contribution < -0.4 is 9.64 Å². The zero-order chi connectivity index (χ0) is 20.0. The number of aromatic nitrogens is 4. The smallest absolute Gasteiger partial charge is 0.233 e. The lowest BCUT2D eigenvalue weighted by Gasteiger charge is -2.37. The summed E-state index contributed by atoms with van der Waals surface area (Å²) in [5.41, 5.74) is 1.51. The lowest BCUT2D eigenvalue weighted by molar-refractivity contribution is -0.134. The van der Waals surface area contributed by atoms with E-state index < -0.39 is 0 Å². The molecule has 150 valence electrons. The van der Waals surface area contributed by atoms with E-state index in [0.29, 0.717) is 13.1 Å². The van der Waals surface area contributed by atoms with Crippen LogP contribution in [0.1, 0.15) is 24.2 Å². The molecule has 0 spiro atoms. The molecule has 1 saturated heterocycles. The Morgan fingerprint density at radius 3 is 2.45 bits per heavy atom. The topological polar surface area (TPSA) is 75.9 Å². The second kappa shape index (κ2) is 6.72. The molecular weight excluding hydrogens is 368 g/mol. The summed E-state index contributed by atoms with van der Waals surface area (Å²) < 4.78 is 7.19. The van der Waals surface area contributed by atoms with Crippen molar-refractivity contribution in [2.75, 3.05) is 38.2 Å². The molecule has 5 rings (SSSR count). The summed E-state index contributed by atoms with van der Waals surface area (Å²) in [7, 11) is 1.66. The second-order valence-corrected chi connectivity index (χ2v) is 7.78. The molecule has 1 amide bonds. The van der Waals surface area contributed by atoms with Gasteiger partial charge in [0.05, 0.1) is 12.5 Å². The Kier molecular flexibility index (Phi) is 4.15. The maximum atomic E-state index is 13.3. The van der Waals surface area contributed by atoms with Gasteiger partial charge in [0.15, 0.2) is 5.82 Å². The third-order valence-corrected chi connectivity index (χ3v) is 6.15. The van der Waals surface area contributed by atoms with Crippen LogP contribution in [0.2, 0.25) is 0 Å². The van der Waals surface area contributed by atoms with Gasteiger partial charge in [0, 0.05) is 38.6 Å². The lowest BCUT2D eigenvalue weighted by Crippen LogP contribution is -2.51. The van der Waals surface area contributed by atoms with Crippen molar-refractivity contribution in [3.63, 3.8) is 0 Å². The average molecular weight is 392 g/mol. The van der Waals surface area contributed by atoms with Gasteiger partial charge >= 0.3 is 0 Å². The van der Waals surface area contributed by atoms with Gasteiger partial charge in [-0.05, 0) is 37.5 Å².